The Morgan fingerprint density at radius 2 is 1.76 bits per heavy atom. The summed E-state index contributed by atoms with van der Waals surface area (Å²) in [6.07, 6.45) is 0.306. The number of hydrogen-bond donors (Lipinski definition) is 0. The molecule has 0 aliphatic heterocycles. The van der Waals surface area contributed by atoms with E-state index in [1.807, 2.05) is 0 Å². The third kappa shape index (κ3) is 4.47. The highest BCUT2D eigenvalue weighted by molar-refractivity contribution is 6.32. The van der Waals surface area contributed by atoms with Gasteiger partial charge in [0.05, 0.1) is 5.02 Å². The molecule has 0 spiro atoms. The molecule has 0 radical (unpaired) electrons. The molecule has 0 saturated heterocycles. The molecule has 5 heteroatoms. The summed E-state index contributed by atoms with van der Waals surface area (Å²) in [5.41, 5.74) is 0.579. The molecule has 1 aliphatic carbocycles. The second kappa shape index (κ2) is 6.39. The predicted octanol–water partition coefficient (Wildman–Crippen LogP) is 6.35. The lowest BCUT2D eigenvalue weighted by Crippen LogP contribution is -2.11. The summed E-state index contributed by atoms with van der Waals surface area (Å²) in [4.78, 5) is 0. The molecule has 1 aromatic rings. The molecule has 2 rings (SSSR count). The number of rotatable bonds is 2. The summed E-state index contributed by atoms with van der Waals surface area (Å²) in [6, 6.07) is 2.92. The molecule has 0 heterocycles. The molecule has 21 heavy (non-hydrogen) atoms. The van der Waals surface area contributed by atoms with E-state index in [2.05, 4.69) is 6.92 Å². The van der Waals surface area contributed by atoms with Crippen LogP contribution in [0.25, 0.3) is 6.08 Å². The first-order chi connectivity index (χ1) is 9.76. The zero-order chi connectivity index (χ0) is 15.6. The SMILES string of the molecule is CC1CCC(c2cc(F)c(/C=C/C(F)(F)F)c(Cl)c2)CC1. The third-order valence-corrected chi connectivity index (χ3v) is 4.34. The van der Waals surface area contributed by atoms with Crippen LogP contribution in [0, 0.1) is 11.7 Å². The molecule has 0 nitrogen and oxygen atoms in total. The fraction of sp³-hybridized carbons (Fsp3) is 0.500. The molecule has 0 aromatic heterocycles. The average Bonchev–Trinajstić information content (AvgIpc) is 2.37. The van der Waals surface area contributed by atoms with Crippen LogP contribution in [0.5, 0.6) is 0 Å². The molecule has 0 N–H and O–H groups in total. The van der Waals surface area contributed by atoms with E-state index in [0.717, 1.165) is 31.2 Å². The number of hydrogen-bond acceptors (Lipinski definition) is 0. The first kappa shape index (κ1) is 16.3. The first-order valence-electron chi connectivity index (χ1n) is 7.01. The molecule has 1 saturated carbocycles. The van der Waals surface area contributed by atoms with Gasteiger partial charge in [0.1, 0.15) is 5.82 Å². The van der Waals surface area contributed by atoms with Gasteiger partial charge in [-0.15, -0.1) is 0 Å². The van der Waals surface area contributed by atoms with Crippen LogP contribution < -0.4 is 0 Å². The van der Waals surface area contributed by atoms with Crippen molar-refractivity contribution in [3.05, 3.63) is 40.2 Å². The van der Waals surface area contributed by atoms with Gasteiger partial charge in [0, 0.05) is 11.6 Å². The average molecular weight is 321 g/mol. The van der Waals surface area contributed by atoms with Crippen LogP contribution in [0.15, 0.2) is 18.2 Å². The standard InChI is InChI=1S/C16H17ClF4/c1-10-2-4-11(5-3-10)12-8-14(17)13(15(18)9-12)6-7-16(19,20)21/h6-11H,2-5H2,1H3/b7-6+. The summed E-state index contributed by atoms with van der Waals surface area (Å²) < 4.78 is 50.5. The quantitative estimate of drug-likeness (QED) is 0.557. The molecule has 116 valence electrons. The number of halogens is 5. The summed E-state index contributed by atoms with van der Waals surface area (Å²) in [5.74, 6) is 0.223. The van der Waals surface area contributed by atoms with E-state index in [4.69, 9.17) is 11.6 Å². The zero-order valence-corrected chi connectivity index (χ0v) is 12.4. The third-order valence-electron chi connectivity index (χ3n) is 4.03. The Labute approximate surface area is 126 Å². The van der Waals surface area contributed by atoms with Gasteiger partial charge in [0.2, 0.25) is 0 Å². The van der Waals surface area contributed by atoms with Crippen molar-refractivity contribution < 1.29 is 17.6 Å². The largest absolute Gasteiger partial charge is 0.409 e. The maximum absolute atomic E-state index is 14.0. The lowest BCUT2D eigenvalue weighted by Gasteiger charge is -2.26. The molecule has 0 bridgehead atoms. The summed E-state index contributed by atoms with van der Waals surface area (Å²) in [5, 5.41) is 0.0316. The monoisotopic (exact) mass is 320 g/mol. The van der Waals surface area contributed by atoms with E-state index in [1.165, 1.54) is 6.07 Å². The van der Waals surface area contributed by atoms with E-state index < -0.39 is 12.0 Å². The topological polar surface area (TPSA) is 0 Å². The Hall–Kier alpha value is -1.03. The molecule has 1 fully saturated rings. The van der Waals surface area contributed by atoms with Gasteiger partial charge >= 0.3 is 6.18 Å². The van der Waals surface area contributed by atoms with Gasteiger partial charge in [-0.25, -0.2) is 4.39 Å². The summed E-state index contributed by atoms with van der Waals surface area (Å²) in [6.45, 7) is 2.19. The number of benzene rings is 1. The fourth-order valence-electron chi connectivity index (χ4n) is 2.77. The smallest absolute Gasteiger partial charge is 0.206 e. The van der Waals surface area contributed by atoms with Crippen molar-refractivity contribution in [3.8, 4) is 0 Å². The van der Waals surface area contributed by atoms with Crippen LogP contribution in [-0.2, 0) is 0 Å². The highest BCUT2D eigenvalue weighted by atomic mass is 35.5. The zero-order valence-electron chi connectivity index (χ0n) is 11.7. The first-order valence-corrected chi connectivity index (χ1v) is 7.39. The van der Waals surface area contributed by atoms with Gasteiger partial charge in [-0.05, 0) is 48.4 Å². The molecular formula is C16H17ClF4. The number of alkyl halides is 3. The van der Waals surface area contributed by atoms with Crippen molar-refractivity contribution >= 4 is 17.7 Å². The van der Waals surface area contributed by atoms with Crippen molar-refractivity contribution in [1.82, 2.24) is 0 Å². The highest BCUT2D eigenvalue weighted by Crippen LogP contribution is 2.37. The summed E-state index contributed by atoms with van der Waals surface area (Å²) >= 11 is 5.95. The van der Waals surface area contributed by atoms with Gasteiger partial charge in [-0.2, -0.15) is 13.2 Å². The minimum atomic E-state index is -4.48. The summed E-state index contributed by atoms with van der Waals surface area (Å²) in [7, 11) is 0. The Balaban J connectivity index is 2.23. The Kier molecular flexibility index (Phi) is 4.97. The second-order valence-corrected chi connectivity index (χ2v) is 6.14. The Morgan fingerprint density at radius 1 is 1.14 bits per heavy atom. The number of allylic oxidation sites excluding steroid dienone is 1. The van der Waals surface area contributed by atoms with Gasteiger partial charge in [0.15, 0.2) is 0 Å². The minimum Gasteiger partial charge on any atom is -0.206 e. The van der Waals surface area contributed by atoms with E-state index in [1.54, 1.807) is 6.07 Å². The van der Waals surface area contributed by atoms with Crippen molar-refractivity contribution in [2.45, 2.75) is 44.7 Å². The van der Waals surface area contributed by atoms with E-state index >= 15 is 0 Å². The highest BCUT2D eigenvalue weighted by Gasteiger charge is 2.24. The van der Waals surface area contributed by atoms with Crippen LogP contribution >= 0.6 is 11.6 Å². The second-order valence-electron chi connectivity index (χ2n) is 5.73. The Bertz CT molecular complexity index is 503. The van der Waals surface area contributed by atoms with Crippen molar-refractivity contribution in [3.63, 3.8) is 0 Å². The van der Waals surface area contributed by atoms with Crippen molar-refractivity contribution in [2.24, 2.45) is 5.92 Å². The van der Waals surface area contributed by atoms with Crippen LogP contribution in [-0.4, -0.2) is 6.18 Å². The van der Waals surface area contributed by atoms with E-state index in [0.29, 0.717) is 12.0 Å². The maximum atomic E-state index is 14.0. The van der Waals surface area contributed by atoms with Crippen LogP contribution in [0.3, 0.4) is 0 Å². The van der Waals surface area contributed by atoms with Crippen LogP contribution in [0.2, 0.25) is 5.02 Å². The molecule has 1 aliphatic rings. The van der Waals surface area contributed by atoms with Crippen molar-refractivity contribution in [2.75, 3.05) is 0 Å². The van der Waals surface area contributed by atoms with E-state index in [-0.39, 0.29) is 22.6 Å². The van der Waals surface area contributed by atoms with Gasteiger partial charge < -0.3 is 0 Å². The van der Waals surface area contributed by atoms with Crippen LogP contribution in [0.1, 0.15) is 49.7 Å². The lowest BCUT2D eigenvalue weighted by atomic mass is 9.79. The molecule has 0 unspecified atom stereocenters. The predicted molar refractivity (Wildman–Crippen MR) is 76.9 cm³/mol. The molecular weight excluding hydrogens is 304 g/mol. The normalized spacial score (nSPS) is 23.7. The Morgan fingerprint density at radius 3 is 2.29 bits per heavy atom. The minimum absolute atomic E-state index is 0.000739. The van der Waals surface area contributed by atoms with Gasteiger partial charge in [0.25, 0.3) is 0 Å². The lowest BCUT2D eigenvalue weighted by molar-refractivity contribution is -0.0790. The molecule has 0 amide bonds. The molecule has 1 aromatic carbocycles. The van der Waals surface area contributed by atoms with E-state index in [9.17, 15) is 17.6 Å². The van der Waals surface area contributed by atoms with Gasteiger partial charge in [-0.1, -0.05) is 31.4 Å². The van der Waals surface area contributed by atoms with Crippen LogP contribution in [0.4, 0.5) is 17.6 Å². The maximum Gasteiger partial charge on any atom is 0.409 e. The van der Waals surface area contributed by atoms with Gasteiger partial charge in [-0.3, -0.25) is 0 Å². The fourth-order valence-corrected chi connectivity index (χ4v) is 3.05. The van der Waals surface area contributed by atoms with Crippen molar-refractivity contribution in [1.29, 1.82) is 0 Å². The molecule has 0 atom stereocenters.